The second-order valence-electron chi connectivity index (χ2n) is 3.70. The van der Waals surface area contributed by atoms with E-state index >= 15 is 0 Å². The molecule has 5 nitrogen and oxygen atoms in total. The SMILES string of the molecule is NC1CCCn2c(CCCO)nnc21. The lowest BCUT2D eigenvalue weighted by atomic mass is 10.1. The van der Waals surface area contributed by atoms with Crippen molar-refractivity contribution in [1.82, 2.24) is 14.8 Å². The van der Waals surface area contributed by atoms with Gasteiger partial charge in [0.1, 0.15) is 11.6 Å². The highest BCUT2D eigenvalue weighted by Gasteiger charge is 2.21. The first-order valence-electron chi connectivity index (χ1n) is 5.11. The molecule has 0 saturated carbocycles. The predicted octanol–water partition coefficient (Wildman–Crippen LogP) is -0.00340. The number of aliphatic hydroxyl groups excluding tert-OH is 1. The number of nitrogens with two attached hydrogens (primary N) is 1. The third-order valence-electron chi connectivity index (χ3n) is 2.64. The summed E-state index contributed by atoms with van der Waals surface area (Å²) < 4.78 is 2.10. The minimum atomic E-state index is 0.0409. The predicted molar refractivity (Wildman–Crippen MR) is 51.6 cm³/mol. The molecule has 3 N–H and O–H groups in total. The molecule has 1 aliphatic rings. The van der Waals surface area contributed by atoms with E-state index in [1.807, 2.05) is 0 Å². The highest BCUT2D eigenvalue weighted by molar-refractivity contribution is 5.03. The Morgan fingerprint density at radius 3 is 3.14 bits per heavy atom. The van der Waals surface area contributed by atoms with Crippen LogP contribution in [-0.4, -0.2) is 26.5 Å². The summed E-state index contributed by atoms with van der Waals surface area (Å²) in [4.78, 5) is 0. The van der Waals surface area contributed by atoms with Crippen molar-refractivity contribution in [2.45, 2.75) is 38.3 Å². The number of hydrogen-bond donors (Lipinski definition) is 2. The normalized spacial score (nSPS) is 20.9. The van der Waals surface area contributed by atoms with Crippen LogP contribution in [0.15, 0.2) is 0 Å². The summed E-state index contributed by atoms with van der Waals surface area (Å²) in [7, 11) is 0. The van der Waals surface area contributed by atoms with Gasteiger partial charge in [-0.05, 0) is 19.3 Å². The summed E-state index contributed by atoms with van der Waals surface area (Å²) in [6.45, 7) is 1.17. The third-order valence-corrected chi connectivity index (χ3v) is 2.64. The highest BCUT2D eigenvalue weighted by atomic mass is 16.2. The first kappa shape index (κ1) is 9.61. The van der Waals surface area contributed by atoms with Crippen molar-refractivity contribution in [1.29, 1.82) is 0 Å². The van der Waals surface area contributed by atoms with Crippen LogP contribution in [0.5, 0.6) is 0 Å². The van der Waals surface area contributed by atoms with Gasteiger partial charge < -0.3 is 15.4 Å². The monoisotopic (exact) mass is 196 g/mol. The van der Waals surface area contributed by atoms with Crippen molar-refractivity contribution in [2.24, 2.45) is 5.73 Å². The van der Waals surface area contributed by atoms with E-state index in [1.54, 1.807) is 0 Å². The van der Waals surface area contributed by atoms with Crippen molar-refractivity contribution < 1.29 is 5.11 Å². The Labute approximate surface area is 82.9 Å². The van der Waals surface area contributed by atoms with Gasteiger partial charge in [-0.2, -0.15) is 0 Å². The smallest absolute Gasteiger partial charge is 0.149 e. The van der Waals surface area contributed by atoms with Crippen LogP contribution in [0.25, 0.3) is 0 Å². The summed E-state index contributed by atoms with van der Waals surface area (Å²) in [5, 5.41) is 16.9. The summed E-state index contributed by atoms with van der Waals surface area (Å²) in [5.41, 5.74) is 5.92. The maximum Gasteiger partial charge on any atom is 0.149 e. The summed E-state index contributed by atoms with van der Waals surface area (Å²) in [6.07, 6.45) is 3.63. The fourth-order valence-electron chi connectivity index (χ4n) is 1.89. The van der Waals surface area contributed by atoms with Crippen LogP contribution in [0.4, 0.5) is 0 Å². The zero-order chi connectivity index (χ0) is 9.97. The van der Waals surface area contributed by atoms with Crippen LogP contribution in [0.1, 0.15) is 37.0 Å². The van der Waals surface area contributed by atoms with E-state index in [-0.39, 0.29) is 12.6 Å². The van der Waals surface area contributed by atoms with Crippen LogP contribution in [0.2, 0.25) is 0 Å². The molecule has 14 heavy (non-hydrogen) atoms. The van der Waals surface area contributed by atoms with Crippen LogP contribution < -0.4 is 5.73 Å². The molecule has 1 aromatic heterocycles. The molecule has 0 amide bonds. The number of aryl methyl sites for hydroxylation is 1. The molecule has 0 aliphatic carbocycles. The highest BCUT2D eigenvalue weighted by Crippen LogP contribution is 2.22. The largest absolute Gasteiger partial charge is 0.396 e. The number of aromatic nitrogens is 3. The van der Waals surface area contributed by atoms with Crippen molar-refractivity contribution in [3.8, 4) is 0 Å². The van der Waals surface area contributed by atoms with E-state index < -0.39 is 0 Å². The standard InChI is InChI=1S/C9H16N4O/c10-7-3-1-5-13-8(4-2-6-14)11-12-9(7)13/h7,14H,1-6,10H2. The van der Waals surface area contributed by atoms with Gasteiger partial charge in [-0.3, -0.25) is 0 Å². The molecule has 1 aromatic rings. The van der Waals surface area contributed by atoms with E-state index in [2.05, 4.69) is 14.8 Å². The Balaban J connectivity index is 2.18. The number of fused-ring (bicyclic) bond motifs is 1. The molecule has 2 heterocycles. The van der Waals surface area contributed by atoms with Gasteiger partial charge in [0.2, 0.25) is 0 Å². The van der Waals surface area contributed by atoms with Gasteiger partial charge in [0.05, 0.1) is 6.04 Å². The molecule has 5 heteroatoms. The van der Waals surface area contributed by atoms with Gasteiger partial charge in [-0.1, -0.05) is 0 Å². The summed E-state index contributed by atoms with van der Waals surface area (Å²) in [5.74, 6) is 1.87. The Morgan fingerprint density at radius 2 is 2.36 bits per heavy atom. The van der Waals surface area contributed by atoms with Gasteiger partial charge in [0.25, 0.3) is 0 Å². The number of nitrogens with zero attached hydrogens (tertiary/aromatic N) is 3. The van der Waals surface area contributed by atoms with Gasteiger partial charge in [-0.15, -0.1) is 10.2 Å². The number of aliphatic hydroxyl groups is 1. The maximum atomic E-state index is 8.74. The molecule has 1 atom stereocenters. The Kier molecular flexibility index (Phi) is 2.79. The lowest BCUT2D eigenvalue weighted by Crippen LogP contribution is -2.23. The first-order chi connectivity index (χ1) is 6.83. The lowest BCUT2D eigenvalue weighted by molar-refractivity contribution is 0.286. The van der Waals surface area contributed by atoms with E-state index in [4.69, 9.17) is 10.8 Å². The van der Waals surface area contributed by atoms with Crippen molar-refractivity contribution >= 4 is 0 Å². The van der Waals surface area contributed by atoms with Crippen LogP contribution in [-0.2, 0) is 13.0 Å². The Morgan fingerprint density at radius 1 is 1.50 bits per heavy atom. The molecule has 2 rings (SSSR count). The molecule has 0 saturated heterocycles. The average Bonchev–Trinajstić information content (AvgIpc) is 2.60. The van der Waals surface area contributed by atoms with Gasteiger partial charge in [0.15, 0.2) is 0 Å². The fraction of sp³-hybridized carbons (Fsp3) is 0.778. The Hall–Kier alpha value is -0.940. The van der Waals surface area contributed by atoms with Crippen molar-refractivity contribution in [3.05, 3.63) is 11.6 Å². The Bertz CT molecular complexity index is 310. The van der Waals surface area contributed by atoms with Gasteiger partial charge in [-0.25, -0.2) is 0 Å². The first-order valence-corrected chi connectivity index (χ1v) is 5.11. The van der Waals surface area contributed by atoms with Gasteiger partial charge >= 0.3 is 0 Å². The minimum absolute atomic E-state index is 0.0409. The quantitative estimate of drug-likeness (QED) is 0.713. The topological polar surface area (TPSA) is 77.0 Å². The van der Waals surface area contributed by atoms with Crippen molar-refractivity contribution in [3.63, 3.8) is 0 Å². The van der Waals surface area contributed by atoms with Crippen LogP contribution >= 0.6 is 0 Å². The molecular weight excluding hydrogens is 180 g/mol. The van der Waals surface area contributed by atoms with Crippen LogP contribution in [0, 0.1) is 0 Å². The van der Waals surface area contributed by atoms with E-state index in [1.165, 1.54) is 0 Å². The zero-order valence-corrected chi connectivity index (χ0v) is 8.19. The molecule has 1 aliphatic heterocycles. The zero-order valence-electron chi connectivity index (χ0n) is 8.19. The molecule has 78 valence electrons. The molecule has 0 spiro atoms. The van der Waals surface area contributed by atoms with E-state index in [0.29, 0.717) is 0 Å². The molecule has 0 aromatic carbocycles. The van der Waals surface area contributed by atoms with E-state index in [9.17, 15) is 0 Å². The second kappa shape index (κ2) is 4.06. The van der Waals surface area contributed by atoms with E-state index in [0.717, 1.165) is 43.9 Å². The van der Waals surface area contributed by atoms with Crippen LogP contribution in [0.3, 0.4) is 0 Å². The number of rotatable bonds is 3. The average molecular weight is 196 g/mol. The van der Waals surface area contributed by atoms with Crippen molar-refractivity contribution in [2.75, 3.05) is 6.61 Å². The molecule has 0 bridgehead atoms. The fourth-order valence-corrected chi connectivity index (χ4v) is 1.89. The summed E-state index contributed by atoms with van der Waals surface area (Å²) >= 11 is 0. The molecule has 0 fully saturated rings. The number of hydrogen-bond acceptors (Lipinski definition) is 4. The lowest BCUT2D eigenvalue weighted by Gasteiger charge is -2.20. The minimum Gasteiger partial charge on any atom is -0.396 e. The molecule has 0 radical (unpaired) electrons. The third kappa shape index (κ3) is 1.65. The maximum absolute atomic E-state index is 8.74. The molecule has 1 unspecified atom stereocenters. The second-order valence-corrected chi connectivity index (χ2v) is 3.70. The molecular formula is C9H16N4O. The van der Waals surface area contributed by atoms with Gasteiger partial charge in [0, 0.05) is 19.6 Å². The summed E-state index contributed by atoms with van der Waals surface area (Å²) in [6, 6.07) is 0.0409.